The molecule has 0 aromatic rings. The second-order valence-electron chi connectivity index (χ2n) is 2.75. The molecule has 0 spiro atoms. The van der Waals surface area contributed by atoms with E-state index in [1.54, 1.807) is 0 Å². The quantitative estimate of drug-likeness (QED) is 0.530. The predicted molar refractivity (Wildman–Crippen MR) is 38.2 cm³/mol. The maximum atomic E-state index is 9.30. The highest BCUT2D eigenvalue weighted by molar-refractivity contribution is 4.87. The van der Waals surface area contributed by atoms with Gasteiger partial charge in [-0.3, -0.25) is 0 Å². The fourth-order valence-electron chi connectivity index (χ4n) is 1.41. The molecule has 0 unspecified atom stereocenters. The summed E-state index contributed by atoms with van der Waals surface area (Å²) in [6.45, 7) is 3.67. The average molecular weight is 126 g/mol. The predicted octanol–water partition coefficient (Wildman–Crippen LogP) is 1.72. The van der Waals surface area contributed by atoms with Crippen molar-refractivity contribution >= 4 is 0 Å². The van der Waals surface area contributed by atoms with Crippen molar-refractivity contribution in [3.8, 4) is 0 Å². The summed E-state index contributed by atoms with van der Waals surface area (Å²) in [5, 5.41) is 9.30. The van der Waals surface area contributed by atoms with Crippen molar-refractivity contribution in [1.29, 1.82) is 0 Å². The van der Waals surface area contributed by atoms with Gasteiger partial charge in [-0.25, -0.2) is 0 Å². The molecule has 0 bridgehead atoms. The number of rotatable bonds is 1. The fourth-order valence-corrected chi connectivity index (χ4v) is 1.41. The van der Waals surface area contributed by atoms with Crippen LogP contribution in [0.1, 0.15) is 25.7 Å². The normalized spacial score (nSPS) is 36.1. The topological polar surface area (TPSA) is 20.2 Å². The molecule has 2 atom stereocenters. The Kier molecular flexibility index (Phi) is 2.29. The van der Waals surface area contributed by atoms with Crippen LogP contribution in [0.3, 0.4) is 0 Å². The monoisotopic (exact) mass is 126 g/mol. The first-order valence-electron chi connectivity index (χ1n) is 3.65. The maximum absolute atomic E-state index is 9.30. The first-order valence-corrected chi connectivity index (χ1v) is 3.65. The molecule has 1 fully saturated rings. The molecule has 1 heteroatoms. The van der Waals surface area contributed by atoms with Crippen LogP contribution in [0.5, 0.6) is 0 Å². The maximum Gasteiger partial charge on any atom is 0.0602 e. The first kappa shape index (κ1) is 6.81. The zero-order chi connectivity index (χ0) is 6.69. The van der Waals surface area contributed by atoms with Crippen LogP contribution < -0.4 is 0 Å². The molecule has 0 aromatic carbocycles. The largest absolute Gasteiger partial charge is 0.393 e. The SMILES string of the molecule is C=C[C@H]1CCCC[C@H]1O. The van der Waals surface area contributed by atoms with Crippen molar-refractivity contribution in [3.05, 3.63) is 12.7 Å². The third-order valence-electron chi connectivity index (χ3n) is 2.08. The molecule has 0 amide bonds. The first-order chi connectivity index (χ1) is 4.34. The average Bonchev–Trinajstić information content (AvgIpc) is 1.89. The highest BCUT2D eigenvalue weighted by Gasteiger charge is 2.19. The van der Waals surface area contributed by atoms with Crippen LogP contribution in [-0.4, -0.2) is 11.2 Å². The Labute approximate surface area is 56.4 Å². The molecule has 1 nitrogen and oxygen atoms in total. The van der Waals surface area contributed by atoms with E-state index in [2.05, 4.69) is 6.58 Å². The van der Waals surface area contributed by atoms with Crippen molar-refractivity contribution in [3.63, 3.8) is 0 Å². The van der Waals surface area contributed by atoms with Crippen LogP contribution in [0.15, 0.2) is 12.7 Å². The summed E-state index contributed by atoms with van der Waals surface area (Å²) in [6.07, 6.45) is 6.32. The van der Waals surface area contributed by atoms with Crippen molar-refractivity contribution in [2.45, 2.75) is 31.8 Å². The van der Waals surface area contributed by atoms with Gasteiger partial charge in [0.05, 0.1) is 6.10 Å². The second kappa shape index (κ2) is 3.02. The molecule has 52 valence electrons. The molecule has 1 saturated carbocycles. The molecule has 1 rings (SSSR count). The summed E-state index contributed by atoms with van der Waals surface area (Å²) in [6, 6.07) is 0. The van der Waals surface area contributed by atoms with Gasteiger partial charge >= 0.3 is 0 Å². The van der Waals surface area contributed by atoms with E-state index in [1.807, 2.05) is 6.08 Å². The van der Waals surface area contributed by atoms with E-state index in [1.165, 1.54) is 12.8 Å². The minimum absolute atomic E-state index is 0.101. The summed E-state index contributed by atoms with van der Waals surface area (Å²) in [5.41, 5.74) is 0. The Morgan fingerprint density at radius 2 is 2.00 bits per heavy atom. The van der Waals surface area contributed by atoms with E-state index in [4.69, 9.17) is 0 Å². The van der Waals surface area contributed by atoms with Crippen LogP contribution >= 0.6 is 0 Å². The fraction of sp³-hybridized carbons (Fsp3) is 0.750. The second-order valence-corrected chi connectivity index (χ2v) is 2.75. The third-order valence-corrected chi connectivity index (χ3v) is 2.08. The Morgan fingerprint density at radius 3 is 2.44 bits per heavy atom. The lowest BCUT2D eigenvalue weighted by molar-refractivity contribution is 0.0929. The molecule has 0 radical (unpaired) electrons. The van der Waals surface area contributed by atoms with Gasteiger partial charge in [-0.1, -0.05) is 18.9 Å². The zero-order valence-electron chi connectivity index (χ0n) is 5.71. The minimum atomic E-state index is -0.101. The molecule has 0 aromatic heterocycles. The van der Waals surface area contributed by atoms with Crippen LogP contribution in [0.4, 0.5) is 0 Å². The van der Waals surface area contributed by atoms with Gasteiger partial charge in [-0.2, -0.15) is 0 Å². The molecular formula is C8H14O. The lowest BCUT2D eigenvalue weighted by Crippen LogP contribution is -2.22. The Morgan fingerprint density at radius 1 is 1.33 bits per heavy atom. The molecule has 1 aliphatic carbocycles. The molecule has 0 heterocycles. The van der Waals surface area contributed by atoms with Crippen LogP contribution in [-0.2, 0) is 0 Å². The zero-order valence-corrected chi connectivity index (χ0v) is 5.71. The van der Waals surface area contributed by atoms with Crippen molar-refractivity contribution in [2.75, 3.05) is 0 Å². The van der Waals surface area contributed by atoms with E-state index in [-0.39, 0.29) is 6.10 Å². The third kappa shape index (κ3) is 1.55. The standard InChI is InChI=1S/C8H14O/c1-2-7-5-3-4-6-8(7)9/h2,7-9H,1,3-6H2/t7-,8+/m0/s1. The smallest absolute Gasteiger partial charge is 0.0602 e. The van der Waals surface area contributed by atoms with Crippen LogP contribution in [0.25, 0.3) is 0 Å². The van der Waals surface area contributed by atoms with Crippen molar-refractivity contribution in [2.24, 2.45) is 5.92 Å². The van der Waals surface area contributed by atoms with E-state index in [0.29, 0.717) is 5.92 Å². The van der Waals surface area contributed by atoms with Gasteiger partial charge in [0.2, 0.25) is 0 Å². The van der Waals surface area contributed by atoms with Crippen LogP contribution in [0.2, 0.25) is 0 Å². The van der Waals surface area contributed by atoms with Gasteiger partial charge in [0.1, 0.15) is 0 Å². The molecule has 0 aliphatic heterocycles. The number of aliphatic hydroxyl groups excluding tert-OH is 1. The van der Waals surface area contributed by atoms with Gasteiger partial charge in [-0.15, -0.1) is 6.58 Å². The van der Waals surface area contributed by atoms with Gasteiger partial charge in [-0.05, 0) is 12.8 Å². The van der Waals surface area contributed by atoms with E-state index in [0.717, 1.165) is 12.8 Å². The van der Waals surface area contributed by atoms with Gasteiger partial charge < -0.3 is 5.11 Å². The number of aliphatic hydroxyl groups is 1. The number of hydrogen-bond donors (Lipinski definition) is 1. The van der Waals surface area contributed by atoms with Gasteiger partial charge in [0.25, 0.3) is 0 Å². The highest BCUT2D eigenvalue weighted by atomic mass is 16.3. The lowest BCUT2D eigenvalue weighted by Gasteiger charge is -2.24. The molecule has 9 heavy (non-hydrogen) atoms. The minimum Gasteiger partial charge on any atom is -0.393 e. The molecule has 1 aliphatic rings. The Bertz CT molecular complexity index is 98.7. The van der Waals surface area contributed by atoms with Gasteiger partial charge in [0.15, 0.2) is 0 Å². The van der Waals surface area contributed by atoms with Crippen molar-refractivity contribution in [1.82, 2.24) is 0 Å². The molecule has 0 saturated heterocycles. The summed E-state index contributed by atoms with van der Waals surface area (Å²) < 4.78 is 0. The van der Waals surface area contributed by atoms with Gasteiger partial charge in [0, 0.05) is 5.92 Å². The van der Waals surface area contributed by atoms with E-state index >= 15 is 0 Å². The Balaban J connectivity index is 2.38. The summed E-state index contributed by atoms with van der Waals surface area (Å²) in [5.74, 6) is 0.374. The Hall–Kier alpha value is -0.300. The summed E-state index contributed by atoms with van der Waals surface area (Å²) in [7, 11) is 0. The van der Waals surface area contributed by atoms with E-state index < -0.39 is 0 Å². The van der Waals surface area contributed by atoms with Crippen LogP contribution in [0, 0.1) is 5.92 Å². The van der Waals surface area contributed by atoms with Crippen molar-refractivity contribution < 1.29 is 5.11 Å². The summed E-state index contributed by atoms with van der Waals surface area (Å²) >= 11 is 0. The molecule has 1 N–H and O–H groups in total. The highest BCUT2D eigenvalue weighted by Crippen LogP contribution is 2.24. The number of hydrogen-bond acceptors (Lipinski definition) is 1. The summed E-state index contributed by atoms with van der Waals surface area (Å²) in [4.78, 5) is 0. The van der Waals surface area contributed by atoms with E-state index in [9.17, 15) is 5.11 Å². The lowest BCUT2D eigenvalue weighted by atomic mass is 9.87. The molecular weight excluding hydrogens is 112 g/mol.